The van der Waals surface area contributed by atoms with Crippen LogP contribution in [0.25, 0.3) is 0 Å². The Morgan fingerprint density at radius 2 is 1.24 bits per heavy atom. The van der Waals surface area contributed by atoms with Crippen molar-refractivity contribution < 1.29 is 10.2 Å². The number of aliphatic hydroxyl groups is 1. The topological polar surface area (TPSA) is 40.5 Å². The predicted molar refractivity (Wildman–Crippen MR) is 108 cm³/mol. The van der Waals surface area contributed by atoms with E-state index in [9.17, 15) is 10.2 Å². The van der Waals surface area contributed by atoms with Crippen LogP contribution in [0.3, 0.4) is 0 Å². The molecule has 0 radical (unpaired) electrons. The van der Waals surface area contributed by atoms with Gasteiger partial charge in [-0.3, -0.25) is 0 Å². The molecule has 0 bridgehead atoms. The summed E-state index contributed by atoms with van der Waals surface area (Å²) < 4.78 is 0. The van der Waals surface area contributed by atoms with Crippen molar-refractivity contribution in [1.29, 1.82) is 0 Å². The fraction of sp³-hybridized carbons (Fsp3) is 0.739. The van der Waals surface area contributed by atoms with Gasteiger partial charge in [-0.1, -0.05) is 96.3 Å². The molecule has 0 fully saturated rings. The van der Waals surface area contributed by atoms with Gasteiger partial charge in [-0.2, -0.15) is 0 Å². The molecule has 0 spiro atoms. The molecule has 2 N–H and O–H groups in total. The van der Waals surface area contributed by atoms with Crippen molar-refractivity contribution in [2.45, 2.75) is 109 Å². The fourth-order valence-electron chi connectivity index (χ4n) is 3.58. The third-order valence-corrected chi connectivity index (χ3v) is 5.34. The first-order valence-corrected chi connectivity index (χ1v) is 10.6. The molecule has 0 aliphatic rings. The molecule has 0 unspecified atom stereocenters. The highest BCUT2D eigenvalue weighted by Crippen LogP contribution is 2.29. The smallest absolute Gasteiger partial charge is 0.118 e. The summed E-state index contributed by atoms with van der Waals surface area (Å²) >= 11 is 0. The Morgan fingerprint density at radius 1 is 0.720 bits per heavy atom. The molecule has 0 saturated heterocycles. The monoisotopic (exact) mass is 348 g/mol. The minimum absolute atomic E-state index is 0.357. The van der Waals surface area contributed by atoms with Gasteiger partial charge >= 0.3 is 0 Å². The molecule has 0 saturated carbocycles. The number of benzene rings is 1. The van der Waals surface area contributed by atoms with Gasteiger partial charge in [-0.05, 0) is 37.3 Å². The zero-order valence-corrected chi connectivity index (χ0v) is 16.6. The summed E-state index contributed by atoms with van der Waals surface area (Å²) in [5, 5.41) is 21.2. The SMILES string of the molecule is CCCCCCCC(O)(CCCCCCC)CCc1ccccc1O. The lowest BCUT2D eigenvalue weighted by molar-refractivity contribution is 0.00960. The third kappa shape index (κ3) is 9.89. The van der Waals surface area contributed by atoms with E-state index >= 15 is 0 Å². The lowest BCUT2D eigenvalue weighted by atomic mass is 9.84. The van der Waals surface area contributed by atoms with Crippen molar-refractivity contribution in [2.75, 3.05) is 0 Å². The Morgan fingerprint density at radius 3 is 1.76 bits per heavy atom. The van der Waals surface area contributed by atoms with E-state index in [0.717, 1.165) is 44.1 Å². The van der Waals surface area contributed by atoms with Crippen LogP contribution in [-0.2, 0) is 6.42 Å². The van der Waals surface area contributed by atoms with Gasteiger partial charge < -0.3 is 10.2 Å². The summed E-state index contributed by atoms with van der Waals surface area (Å²) in [6.45, 7) is 4.47. The van der Waals surface area contributed by atoms with Gasteiger partial charge in [0.25, 0.3) is 0 Å². The Balaban J connectivity index is 2.48. The second-order valence-electron chi connectivity index (χ2n) is 7.68. The molecule has 1 rings (SSSR count). The van der Waals surface area contributed by atoms with Crippen LogP contribution >= 0.6 is 0 Å². The first-order valence-electron chi connectivity index (χ1n) is 10.6. The van der Waals surface area contributed by atoms with E-state index in [4.69, 9.17) is 0 Å². The van der Waals surface area contributed by atoms with E-state index in [-0.39, 0.29) is 0 Å². The van der Waals surface area contributed by atoms with E-state index in [0.29, 0.717) is 5.75 Å². The summed E-state index contributed by atoms with van der Waals surface area (Å²) in [6, 6.07) is 7.53. The maximum Gasteiger partial charge on any atom is 0.118 e. The van der Waals surface area contributed by atoms with Gasteiger partial charge in [0, 0.05) is 0 Å². The number of unbranched alkanes of at least 4 members (excludes halogenated alkanes) is 8. The average molecular weight is 349 g/mol. The Labute approximate surface area is 155 Å². The van der Waals surface area contributed by atoms with Crippen molar-refractivity contribution in [3.8, 4) is 5.75 Å². The molecule has 0 aliphatic carbocycles. The highest BCUT2D eigenvalue weighted by Gasteiger charge is 2.25. The van der Waals surface area contributed by atoms with Gasteiger partial charge in [0.05, 0.1) is 5.60 Å². The second-order valence-corrected chi connectivity index (χ2v) is 7.68. The average Bonchev–Trinajstić information content (AvgIpc) is 2.61. The summed E-state index contributed by atoms with van der Waals surface area (Å²) in [7, 11) is 0. The van der Waals surface area contributed by atoms with Crippen molar-refractivity contribution in [3.05, 3.63) is 29.8 Å². The van der Waals surface area contributed by atoms with Crippen LogP contribution in [0.4, 0.5) is 0 Å². The fourth-order valence-corrected chi connectivity index (χ4v) is 3.58. The van der Waals surface area contributed by atoms with Crippen LogP contribution < -0.4 is 0 Å². The number of rotatable bonds is 15. The van der Waals surface area contributed by atoms with Gasteiger partial charge in [-0.25, -0.2) is 0 Å². The third-order valence-electron chi connectivity index (χ3n) is 5.34. The minimum Gasteiger partial charge on any atom is -0.508 e. The largest absolute Gasteiger partial charge is 0.508 e. The molecule has 2 heteroatoms. The molecule has 0 atom stereocenters. The number of hydrogen-bond acceptors (Lipinski definition) is 2. The number of hydrogen-bond donors (Lipinski definition) is 2. The van der Waals surface area contributed by atoms with E-state index in [1.807, 2.05) is 18.2 Å². The Kier molecular flexibility index (Phi) is 11.6. The van der Waals surface area contributed by atoms with Crippen molar-refractivity contribution in [2.24, 2.45) is 0 Å². The van der Waals surface area contributed by atoms with Gasteiger partial charge in [0.1, 0.15) is 5.75 Å². The molecule has 1 aromatic rings. The molecular formula is C23H40O2. The molecule has 0 amide bonds. The molecular weight excluding hydrogens is 308 g/mol. The highest BCUT2D eigenvalue weighted by atomic mass is 16.3. The Hall–Kier alpha value is -1.02. The first kappa shape index (κ1) is 22.0. The summed E-state index contributed by atoms with van der Waals surface area (Å²) in [5.41, 5.74) is 0.388. The summed E-state index contributed by atoms with van der Waals surface area (Å²) in [6.07, 6.45) is 15.7. The highest BCUT2D eigenvalue weighted by molar-refractivity contribution is 5.31. The maximum atomic E-state index is 11.2. The molecule has 144 valence electrons. The molecule has 2 nitrogen and oxygen atoms in total. The molecule has 0 heterocycles. The van der Waals surface area contributed by atoms with Gasteiger partial charge in [0.15, 0.2) is 0 Å². The van der Waals surface area contributed by atoms with Gasteiger partial charge in [-0.15, -0.1) is 0 Å². The van der Waals surface area contributed by atoms with E-state index in [2.05, 4.69) is 13.8 Å². The predicted octanol–water partition coefficient (Wildman–Crippen LogP) is 6.78. The quantitative estimate of drug-likeness (QED) is 0.343. The number of phenols is 1. The van der Waals surface area contributed by atoms with Crippen LogP contribution in [-0.4, -0.2) is 15.8 Å². The summed E-state index contributed by atoms with van der Waals surface area (Å²) in [5.74, 6) is 0.357. The number of aromatic hydroxyl groups is 1. The molecule has 1 aromatic carbocycles. The van der Waals surface area contributed by atoms with Crippen molar-refractivity contribution >= 4 is 0 Å². The standard InChI is InChI=1S/C23H40O2/c1-3-5-7-9-13-18-23(25,19-14-10-8-6-4-2)20-17-21-15-11-12-16-22(21)24/h11-12,15-16,24-25H,3-10,13-14,17-20H2,1-2H3. The summed E-state index contributed by atoms with van der Waals surface area (Å²) in [4.78, 5) is 0. The Bertz CT molecular complexity index is 427. The first-order chi connectivity index (χ1) is 12.1. The van der Waals surface area contributed by atoms with Crippen molar-refractivity contribution in [3.63, 3.8) is 0 Å². The van der Waals surface area contributed by atoms with E-state index < -0.39 is 5.60 Å². The van der Waals surface area contributed by atoms with Crippen molar-refractivity contribution in [1.82, 2.24) is 0 Å². The lowest BCUT2D eigenvalue weighted by Gasteiger charge is -2.29. The van der Waals surface area contributed by atoms with E-state index in [1.165, 1.54) is 51.4 Å². The van der Waals surface area contributed by atoms with E-state index in [1.54, 1.807) is 6.07 Å². The molecule has 0 aromatic heterocycles. The number of aryl methyl sites for hydroxylation is 1. The second kappa shape index (κ2) is 13.2. The zero-order valence-electron chi connectivity index (χ0n) is 16.6. The maximum absolute atomic E-state index is 11.2. The van der Waals surface area contributed by atoms with Gasteiger partial charge in [0.2, 0.25) is 0 Å². The molecule has 25 heavy (non-hydrogen) atoms. The normalized spacial score (nSPS) is 11.8. The van der Waals surface area contributed by atoms with Crippen LogP contribution in [0.15, 0.2) is 24.3 Å². The van der Waals surface area contributed by atoms with Crippen LogP contribution in [0.5, 0.6) is 5.75 Å². The number of para-hydroxylation sites is 1. The van der Waals surface area contributed by atoms with Crippen LogP contribution in [0, 0.1) is 0 Å². The number of phenolic OH excluding ortho intramolecular Hbond substituents is 1. The zero-order chi connectivity index (χ0) is 18.4. The minimum atomic E-state index is -0.569. The molecule has 0 aliphatic heterocycles. The van der Waals surface area contributed by atoms with Crippen LogP contribution in [0.1, 0.15) is 103 Å². The lowest BCUT2D eigenvalue weighted by Crippen LogP contribution is -2.29. The van der Waals surface area contributed by atoms with Crippen LogP contribution in [0.2, 0.25) is 0 Å².